The molecule has 0 spiro atoms. The summed E-state index contributed by atoms with van der Waals surface area (Å²) in [5.41, 5.74) is 1.17. The number of methoxy groups -OCH3 is 1. The quantitative estimate of drug-likeness (QED) is 0.781. The maximum Gasteiger partial charge on any atom is 0.249 e. The summed E-state index contributed by atoms with van der Waals surface area (Å²) < 4.78 is 19.2. The van der Waals surface area contributed by atoms with E-state index < -0.39 is 6.04 Å². The largest absolute Gasteiger partial charge is 0.497 e. The minimum Gasteiger partial charge on any atom is -0.497 e. The van der Waals surface area contributed by atoms with E-state index in [2.05, 4.69) is 15.6 Å². The predicted octanol–water partition coefficient (Wildman–Crippen LogP) is 1.84. The molecule has 0 unspecified atom stereocenters. The van der Waals surface area contributed by atoms with E-state index in [1.165, 1.54) is 6.07 Å². The molecule has 2 aromatic rings. The van der Waals surface area contributed by atoms with Crippen LogP contribution in [0.4, 0.5) is 15.8 Å². The van der Waals surface area contributed by atoms with E-state index in [9.17, 15) is 14.0 Å². The zero-order valence-electron chi connectivity index (χ0n) is 17.2. The number of hydrogen-bond donors (Lipinski definition) is 2. The molecule has 31 heavy (non-hydrogen) atoms. The summed E-state index contributed by atoms with van der Waals surface area (Å²) >= 11 is 0. The van der Waals surface area contributed by atoms with Crippen LogP contribution in [0.2, 0.25) is 0 Å². The predicted molar refractivity (Wildman–Crippen MR) is 116 cm³/mol. The molecule has 8 nitrogen and oxygen atoms in total. The highest BCUT2D eigenvalue weighted by molar-refractivity contribution is 6.06. The van der Waals surface area contributed by atoms with E-state index in [1.807, 2.05) is 15.9 Å². The Morgan fingerprint density at radius 3 is 2.45 bits per heavy atom. The average Bonchev–Trinajstić information content (AvgIpc) is 2.79. The number of hydrogen-bond acceptors (Lipinski definition) is 6. The molecule has 2 amide bonds. The maximum absolute atomic E-state index is 14.1. The summed E-state index contributed by atoms with van der Waals surface area (Å²) in [5.74, 6) is 0.220. The first-order valence-corrected chi connectivity index (χ1v) is 10.1. The molecule has 2 aliphatic rings. The maximum atomic E-state index is 14.1. The summed E-state index contributed by atoms with van der Waals surface area (Å²) in [7, 11) is 1.57. The van der Waals surface area contributed by atoms with Gasteiger partial charge < -0.3 is 19.9 Å². The number of ether oxygens (including phenoxy) is 1. The summed E-state index contributed by atoms with van der Waals surface area (Å²) in [6.45, 7) is 2.28. The molecule has 2 heterocycles. The fourth-order valence-electron chi connectivity index (χ4n) is 3.66. The Balaban J connectivity index is 1.40. The van der Waals surface area contributed by atoms with Crippen LogP contribution in [0.15, 0.2) is 53.5 Å². The van der Waals surface area contributed by atoms with Gasteiger partial charge in [0.25, 0.3) is 0 Å². The summed E-state index contributed by atoms with van der Waals surface area (Å²) in [4.78, 5) is 33.3. The van der Waals surface area contributed by atoms with E-state index in [0.717, 1.165) is 0 Å². The van der Waals surface area contributed by atoms with Crippen LogP contribution in [-0.2, 0) is 9.59 Å². The Kier molecular flexibility index (Phi) is 6.01. The monoisotopic (exact) mass is 425 g/mol. The van der Waals surface area contributed by atoms with Crippen LogP contribution in [-0.4, -0.2) is 62.0 Å². The van der Waals surface area contributed by atoms with Gasteiger partial charge in [-0.05, 0) is 36.4 Å². The van der Waals surface area contributed by atoms with Gasteiger partial charge >= 0.3 is 0 Å². The van der Waals surface area contributed by atoms with Crippen molar-refractivity contribution in [1.82, 2.24) is 10.2 Å². The lowest BCUT2D eigenvalue weighted by molar-refractivity contribution is -0.125. The second-order valence-corrected chi connectivity index (χ2v) is 7.36. The molecule has 2 aromatic carbocycles. The normalized spacial score (nSPS) is 18.8. The zero-order chi connectivity index (χ0) is 21.8. The number of nitrogens with zero attached hydrogens (tertiary/aromatic N) is 3. The number of piperazine rings is 1. The molecule has 0 aliphatic carbocycles. The molecule has 9 heteroatoms. The van der Waals surface area contributed by atoms with Gasteiger partial charge in [-0.25, -0.2) is 9.38 Å². The van der Waals surface area contributed by atoms with Crippen LogP contribution in [0.25, 0.3) is 0 Å². The molecule has 1 fully saturated rings. The van der Waals surface area contributed by atoms with Crippen LogP contribution in [0.3, 0.4) is 0 Å². The van der Waals surface area contributed by atoms with E-state index >= 15 is 0 Å². The summed E-state index contributed by atoms with van der Waals surface area (Å²) in [5, 5.41) is 5.56. The Morgan fingerprint density at radius 1 is 1.10 bits per heavy atom. The first-order valence-electron chi connectivity index (χ1n) is 10.1. The molecule has 0 saturated carbocycles. The lowest BCUT2D eigenvalue weighted by Crippen LogP contribution is -2.56. The first-order chi connectivity index (χ1) is 15.0. The van der Waals surface area contributed by atoms with Crippen molar-refractivity contribution in [3.8, 4) is 5.75 Å². The van der Waals surface area contributed by atoms with Crippen LogP contribution in [0, 0.1) is 5.82 Å². The smallest absolute Gasteiger partial charge is 0.249 e. The molecule has 2 aliphatic heterocycles. The SMILES string of the molecule is COc1ccc(NC(=O)[C@@H]2CC(=O)NC(N3CCN(c4ccccc4F)CC3)=N2)cc1. The van der Waals surface area contributed by atoms with Crippen molar-refractivity contribution in [1.29, 1.82) is 0 Å². The van der Waals surface area contributed by atoms with Crippen molar-refractivity contribution in [3.63, 3.8) is 0 Å². The number of carbonyl (C=O) groups excluding carboxylic acids is 2. The molecule has 0 aromatic heterocycles. The van der Waals surface area contributed by atoms with Gasteiger partial charge in [0.05, 0.1) is 19.2 Å². The third-order valence-electron chi connectivity index (χ3n) is 5.34. The molecular weight excluding hydrogens is 401 g/mol. The minimum absolute atomic E-state index is 0.0132. The third-order valence-corrected chi connectivity index (χ3v) is 5.34. The Hall–Kier alpha value is -3.62. The van der Waals surface area contributed by atoms with Crippen LogP contribution >= 0.6 is 0 Å². The lowest BCUT2D eigenvalue weighted by Gasteiger charge is -2.38. The van der Waals surface area contributed by atoms with E-state index in [-0.39, 0.29) is 24.1 Å². The van der Waals surface area contributed by atoms with Crippen molar-refractivity contribution in [2.45, 2.75) is 12.5 Å². The Labute approximate surface area is 179 Å². The number of carbonyl (C=O) groups is 2. The van der Waals surface area contributed by atoms with Gasteiger partial charge in [0.1, 0.15) is 17.6 Å². The van der Waals surface area contributed by atoms with Gasteiger partial charge in [-0.3, -0.25) is 14.9 Å². The molecule has 162 valence electrons. The average molecular weight is 425 g/mol. The molecule has 2 N–H and O–H groups in total. The van der Waals surface area contributed by atoms with Crippen molar-refractivity contribution in [2.75, 3.05) is 43.5 Å². The number of guanidine groups is 1. The van der Waals surface area contributed by atoms with Crippen molar-refractivity contribution in [3.05, 3.63) is 54.3 Å². The van der Waals surface area contributed by atoms with Crippen molar-refractivity contribution in [2.24, 2.45) is 4.99 Å². The topological polar surface area (TPSA) is 86.3 Å². The number of nitrogens with one attached hydrogen (secondary N) is 2. The lowest BCUT2D eigenvalue weighted by atomic mass is 10.1. The summed E-state index contributed by atoms with van der Waals surface area (Å²) in [6.07, 6.45) is -0.0132. The highest BCUT2D eigenvalue weighted by Gasteiger charge is 2.31. The highest BCUT2D eigenvalue weighted by atomic mass is 19.1. The van der Waals surface area contributed by atoms with Gasteiger partial charge in [0, 0.05) is 31.9 Å². The van der Waals surface area contributed by atoms with Gasteiger partial charge in [0.2, 0.25) is 17.8 Å². The number of anilines is 2. The van der Waals surface area contributed by atoms with Gasteiger partial charge in [-0.2, -0.15) is 0 Å². The van der Waals surface area contributed by atoms with Gasteiger partial charge in [-0.1, -0.05) is 12.1 Å². The number of benzene rings is 2. The molecule has 4 rings (SSSR count). The Morgan fingerprint density at radius 2 is 1.77 bits per heavy atom. The fourth-order valence-corrected chi connectivity index (χ4v) is 3.66. The molecule has 1 atom stereocenters. The van der Waals surface area contributed by atoms with Gasteiger partial charge in [-0.15, -0.1) is 0 Å². The molecule has 0 bridgehead atoms. The van der Waals surface area contributed by atoms with Crippen LogP contribution in [0.5, 0.6) is 5.75 Å². The zero-order valence-corrected chi connectivity index (χ0v) is 17.2. The highest BCUT2D eigenvalue weighted by Crippen LogP contribution is 2.21. The minimum atomic E-state index is -0.810. The number of amides is 2. The van der Waals surface area contributed by atoms with E-state index in [0.29, 0.717) is 49.3 Å². The van der Waals surface area contributed by atoms with Crippen molar-refractivity contribution >= 4 is 29.1 Å². The van der Waals surface area contributed by atoms with Gasteiger partial charge in [0.15, 0.2) is 0 Å². The number of aliphatic imine (C=N–C) groups is 1. The molecular formula is C22H24FN5O3. The number of para-hydroxylation sites is 1. The number of rotatable bonds is 4. The second-order valence-electron chi connectivity index (χ2n) is 7.36. The third kappa shape index (κ3) is 4.76. The van der Waals surface area contributed by atoms with E-state index in [4.69, 9.17) is 4.74 Å². The van der Waals surface area contributed by atoms with Crippen LogP contribution < -0.4 is 20.3 Å². The second kappa shape index (κ2) is 9.03. The first kappa shape index (κ1) is 20.6. The van der Waals surface area contributed by atoms with E-state index in [1.54, 1.807) is 43.5 Å². The molecule has 1 saturated heterocycles. The summed E-state index contributed by atoms with van der Waals surface area (Å²) in [6, 6.07) is 12.8. The van der Waals surface area contributed by atoms with Crippen LogP contribution in [0.1, 0.15) is 6.42 Å². The molecule has 0 radical (unpaired) electrons. The fraction of sp³-hybridized carbons (Fsp3) is 0.318. The number of halogens is 1. The standard InChI is InChI=1S/C22H24FN5O3/c1-31-16-8-6-15(7-9-16)24-21(30)18-14-20(29)26-22(25-18)28-12-10-27(11-13-28)19-5-3-2-4-17(19)23/h2-9,18H,10-14H2,1H3,(H,24,30)(H,25,26,29)/t18-/m0/s1. The Bertz CT molecular complexity index is 987. The van der Waals surface area contributed by atoms with Crippen molar-refractivity contribution < 1.29 is 18.7 Å².